The Hall–Kier alpha value is -2.88. The molecule has 7 heteroatoms. The molecule has 3 aliphatic rings. The maximum Gasteiger partial charge on any atom is 0.226 e. The van der Waals surface area contributed by atoms with Crippen LogP contribution in [0.25, 0.3) is 11.1 Å². The number of nitrogens with zero attached hydrogens (tertiary/aromatic N) is 5. The predicted molar refractivity (Wildman–Crippen MR) is 105 cm³/mol. The van der Waals surface area contributed by atoms with Gasteiger partial charge in [0, 0.05) is 54.8 Å². The number of hydrogen-bond donors (Lipinski definition) is 1. The molecule has 2 aromatic heterocycles. The predicted octanol–water partition coefficient (Wildman–Crippen LogP) is 2.67. The summed E-state index contributed by atoms with van der Waals surface area (Å²) in [6, 6.07) is 4.44. The van der Waals surface area contributed by atoms with Crippen LogP contribution in [0.1, 0.15) is 49.8 Å². The van der Waals surface area contributed by atoms with Crippen LogP contribution >= 0.6 is 0 Å². The number of rotatable bonds is 4. The van der Waals surface area contributed by atoms with Crippen LogP contribution in [-0.4, -0.2) is 51.7 Å². The van der Waals surface area contributed by atoms with Crippen molar-refractivity contribution in [2.75, 3.05) is 24.5 Å². The zero-order chi connectivity index (χ0) is 19.3. The van der Waals surface area contributed by atoms with E-state index in [9.17, 15) is 10.1 Å². The Morgan fingerprint density at radius 1 is 1.29 bits per heavy atom. The quantitative estimate of drug-likeness (QED) is 0.886. The summed E-state index contributed by atoms with van der Waals surface area (Å²) in [4.78, 5) is 21.7. The third-order valence-corrected chi connectivity index (χ3v) is 6.06. The van der Waals surface area contributed by atoms with Gasteiger partial charge in [-0.25, -0.2) is 4.98 Å². The maximum atomic E-state index is 12.5. The summed E-state index contributed by atoms with van der Waals surface area (Å²) in [5.74, 6) is 1.78. The van der Waals surface area contributed by atoms with Gasteiger partial charge in [-0.15, -0.1) is 0 Å². The van der Waals surface area contributed by atoms with Crippen molar-refractivity contribution < 1.29 is 4.79 Å². The van der Waals surface area contributed by atoms with E-state index in [1.54, 1.807) is 6.20 Å². The molecule has 28 heavy (non-hydrogen) atoms. The fourth-order valence-corrected chi connectivity index (χ4v) is 4.18. The molecule has 7 nitrogen and oxygen atoms in total. The fourth-order valence-electron chi connectivity index (χ4n) is 4.18. The number of nitriles is 1. The summed E-state index contributed by atoms with van der Waals surface area (Å²) >= 11 is 0. The van der Waals surface area contributed by atoms with Crippen LogP contribution in [0.15, 0.2) is 18.5 Å². The molecule has 3 heterocycles. The highest BCUT2D eigenvalue weighted by molar-refractivity contribution is 5.81. The Morgan fingerprint density at radius 2 is 2.11 bits per heavy atom. The highest BCUT2D eigenvalue weighted by Crippen LogP contribution is 2.45. The van der Waals surface area contributed by atoms with Crippen LogP contribution in [0.4, 0.5) is 5.82 Å². The van der Waals surface area contributed by atoms with Gasteiger partial charge in [0.05, 0.1) is 17.5 Å². The Morgan fingerprint density at radius 3 is 2.71 bits per heavy atom. The number of aromatic amines is 1. The molecule has 0 aromatic carbocycles. The lowest BCUT2D eigenvalue weighted by Crippen LogP contribution is -2.54. The van der Waals surface area contributed by atoms with Crippen molar-refractivity contribution in [2.24, 2.45) is 5.92 Å². The molecule has 3 fully saturated rings. The second kappa shape index (κ2) is 6.62. The first kappa shape index (κ1) is 17.2. The van der Waals surface area contributed by atoms with Gasteiger partial charge in [0.25, 0.3) is 0 Å². The lowest BCUT2D eigenvalue weighted by atomic mass is 10.0. The Balaban J connectivity index is 1.46. The summed E-state index contributed by atoms with van der Waals surface area (Å²) in [6.45, 7) is 4.24. The second-order valence-electron chi connectivity index (χ2n) is 8.27. The normalized spacial score (nSPS) is 22.2. The topological polar surface area (TPSA) is 88.9 Å². The number of H-pyrrole nitrogens is 1. The van der Waals surface area contributed by atoms with E-state index in [0.29, 0.717) is 23.9 Å². The molecule has 1 aliphatic heterocycles. The van der Waals surface area contributed by atoms with Crippen LogP contribution < -0.4 is 4.90 Å². The van der Waals surface area contributed by atoms with E-state index in [0.717, 1.165) is 61.4 Å². The lowest BCUT2D eigenvalue weighted by Gasteiger charge is -2.41. The van der Waals surface area contributed by atoms with Crippen LogP contribution in [0.2, 0.25) is 0 Å². The number of pyridine rings is 1. The molecular formula is C21H24N6O. The standard InChI is InChI=1S/C21H24N6O/c1-13-12-26(6-7-27(13)21(28)15-4-5-15)20-16(9-22)8-18(17-10-23-24-11-17)19(25-20)14-2-3-14/h8,10-11,13-15H,2-7,12H2,1H3,(H,23,24)/t13-/m1/s1. The monoisotopic (exact) mass is 376 g/mol. The number of carbonyl (C=O) groups excluding carboxylic acids is 1. The van der Waals surface area contributed by atoms with Crippen LogP contribution in [0.5, 0.6) is 0 Å². The number of nitrogens with one attached hydrogen (secondary N) is 1. The number of aromatic nitrogens is 3. The van der Waals surface area contributed by atoms with E-state index in [4.69, 9.17) is 4.98 Å². The van der Waals surface area contributed by atoms with E-state index in [2.05, 4.69) is 28.1 Å². The fraction of sp³-hybridized carbons (Fsp3) is 0.524. The average Bonchev–Trinajstić information content (AvgIpc) is 3.65. The molecule has 2 aliphatic carbocycles. The molecule has 5 rings (SSSR count). The minimum atomic E-state index is 0.133. The van der Waals surface area contributed by atoms with Gasteiger partial charge >= 0.3 is 0 Å². The minimum Gasteiger partial charge on any atom is -0.352 e. The Labute approximate surface area is 164 Å². The van der Waals surface area contributed by atoms with Crippen molar-refractivity contribution in [1.29, 1.82) is 5.26 Å². The van der Waals surface area contributed by atoms with Crippen molar-refractivity contribution in [3.8, 4) is 17.2 Å². The summed E-state index contributed by atoms with van der Waals surface area (Å²) in [6.07, 6.45) is 7.99. The van der Waals surface area contributed by atoms with E-state index in [-0.39, 0.29) is 12.0 Å². The molecule has 1 atom stereocenters. The minimum absolute atomic E-state index is 0.133. The second-order valence-corrected chi connectivity index (χ2v) is 8.27. The van der Waals surface area contributed by atoms with Gasteiger partial charge in [0.1, 0.15) is 11.9 Å². The van der Waals surface area contributed by atoms with Crippen LogP contribution in [0, 0.1) is 17.2 Å². The van der Waals surface area contributed by atoms with Crippen molar-refractivity contribution in [1.82, 2.24) is 20.1 Å². The molecule has 0 spiro atoms. The van der Waals surface area contributed by atoms with Gasteiger partial charge in [-0.1, -0.05) is 0 Å². The third kappa shape index (κ3) is 3.03. The van der Waals surface area contributed by atoms with Gasteiger partial charge in [0.2, 0.25) is 5.91 Å². The smallest absolute Gasteiger partial charge is 0.226 e. The van der Waals surface area contributed by atoms with Crippen molar-refractivity contribution in [3.05, 3.63) is 29.7 Å². The molecule has 144 valence electrons. The molecule has 0 bridgehead atoms. The van der Waals surface area contributed by atoms with Gasteiger partial charge in [-0.3, -0.25) is 9.89 Å². The maximum absolute atomic E-state index is 12.5. The first-order valence-corrected chi connectivity index (χ1v) is 10.2. The average molecular weight is 376 g/mol. The van der Waals surface area contributed by atoms with E-state index < -0.39 is 0 Å². The molecule has 1 saturated heterocycles. The van der Waals surface area contributed by atoms with Crippen molar-refractivity contribution in [2.45, 2.75) is 44.6 Å². The molecule has 1 amide bonds. The first-order chi connectivity index (χ1) is 13.7. The number of anilines is 1. The summed E-state index contributed by atoms with van der Waals surface area (Å²) in [7, 11) is 0. The largest absolute Gasteiger partial charge is 0.352 e. The van der Waals surface area contributed by atoms with Gasteiger partial charge in [0.15, 0.2) is 0 Å². The number of hydrogen-bond acceptors (Lipinski definition) is 5. The van der Waals surface area contributed by atoms with Crippen molar-refractivity contribution in [3.63, 3.8) is 0 Å². The number of amides is 1. The lowest BCUT2D eigenvalue weighted by molar-refractivity contribution is -0.134. The third-order valence-electron chi connectivity index (χ3n) is 6.06. The summed E-state index contributed by atoms with van der Waals surface area (Å²) < 4.78 is 0. The zero-order valence-electron chi connectivity index (χ0n) is 16.1. The van der Waals surface area contributed by atoms with Gasteiger partial charge < -0.3 is 9.80 Å². The SMILES string of the molecule is C[C@@H]1CN(c2nc(C3CC3)c(-c3cn[nH]c3)cc2C#N)CCN1C(=O)C1CC1. The number of piperazine rings is 1. The van der Waals surface area contributed by atoms with E-state index in [1.165, 1.54) is 0 Å². The summed E-state index contributed by atoms with van der Waals surface area (Å²) in [5, 5.41) is 16.7. The molecule has 0 unspecified atom stereocenters. The van der Waals surface area contributed by atoms with Gasteiger partial charge in [-0.05, 0) is 38.7 Å². The molecule has 1 N–H and O–H groups in total. The molecule has 2 saturated carbocycles. The highest BCUT2D eigenvalue weighted by atomic mass is 16.2. The Kier molecular flexibility index (Phi) is 4.08. The van der Waals surface area contributed by atoms with E-state index in [1.807, 2.05) is 17.2 Å². The number of carbonyl (C=O) groups is 1. The summed E-state index contributed by atoms with van der Waals surface area (Å²) in [5.41, 5.74) is 3.65. The molecular weight excluding hydrogens is 352 g/mol. The van der Waals surface area contributed by atoms with E-state index >= 15 is 0 Å². The van der Waals surface area contributed by atoms with Crippen molar-refractivity contribution >= 4 is 11.7 Å². The Bertz CT molecular complexity index is 939. The van der Waals surface area contributed by atoms with Crippen LogP contribution in [-0.2, 0) is 4.79 Å². The molecule has 2 aromatic rings. The first-order valence-electron chi connectivity index (χ1n) is 10.2. The highest BCUT2D eigenvalue weighted by Gasteiger charge is 2.38. The van der Waals surface area contributed by atoms with Crippen LogP contribution in [0.3, 0.4) is 0 Å². The molecule has 0 radical (unpaired) electrons. The van der Waals surface area contributed by atoms with Gasteiger partial charge in [-0.2, -0.15) is 10.4 Å². The zero-order valence-corrected chi connectivity index (χ0v) is 16.1.